The SMILES string of the molecule is O=C1CCC(N2Cc3c(CN(C4CNC4)C4COC4)cccc3C2=O)C(=O)N1. The minimum Gasteiger partial charge on any atom is -0.378 e. The van der Waals surface area contributed by atoms with Crippen LogP contribution >= 0.6 is 0 Å². The molecule has 4 aliphatic rings. The molecule has 2 N–H and O–H groups in total. The first-order chi connectivity index (χ1) is 13.6. The lowest BCUT2D eigenvalue weighted by Gasteiger charge is -2.46. The Morgan fingerprint density at radius 1 is 1.14 bits per heavy atom. The minimum absolute atomic E-state index is 0.116. The van der Waals surface area contributed by atoms with E-state index in [4.69, 9.17) is 4.74 Å². The van der Waals surface area contributed by atoms with E-state index in [9.17, 15) is 14.4 Å². The Hall–Kier alpha value is -2.29. The van der Waals surface area contributed by atoms with Crippen LogP contribution in [0.15, 0.2) is 18.2 Å². The predicted molar refractivity (Wildman–Crippen MR) is 99.3 cm³/mol. The lowest BCUT2D eigenvalue weighted by molar-refractivity contribution is -0.136. The third-order valence-corrected chi connectivity index (χ3v) is 6.35. The summed E-state index contributed by atoms with van der Waals surface area (Å²) in [6.07, 6.45) is 0.659. The van der Waals surface area contributed by atoms with Crippen LogP contribution in [-0.2, 0) is 27.4 Å². The smallest absolute Gasteiger partial charge is 0.255 e. The highest BCUT2D eigenvalue weighted by atomic mass is 16.5. The molecule has 3 amide bonds. The molecule has 0 aromatic heterocycles. The van der Waals surface area contributed by atoms with Crippen LogP contribution < -0.4 is 10.6 Å². The zero-order valence-electron chi connectivity index (χ0n) is 15.6. The molecule has 0 spiro atoms. The van der Waals surface area contributed by atoms with Gasteiger partial charge in [0.25, 0.3) is 5.91 Å². The fourth-order valence-corrected chi connectivity index (χ4v) is 4.47. The van der Waals surface area contributed by atoms with Gasteiger partial charge in [-0.1, -0.05) is 12.1 Å². The second-order valence-corrected chi connectivity index (χ2v) is 8.02. The number of hydrogen-bond donors (Lipinski definition) is 2. The second-order valence-electron chi connectivity index (χ2n) is 8.02. The lowest BCUT2D eigenvalue weighted by Crippen LogP contribution is -2.63. The van der Waals surface area contributed by atoms with Crippen molar-refractivity contribution in [3.8, 4) is 0 Å². The van der Waals surface area contributed by atoms with Gasteiger partial charge in [-0.25, -0.2) is 0 Å². The van der Waals surface area contributed by atoms with Crippen molar-refractivity contribution in [3.63, 3.8) is 0 Å². The summed E-state index contributed by atoms with van der Waals surface area (Å²) in [5, 5.41) is 5.69. The molecule has 0 saturated carbocycles. The molecule has 5 rings (SSSR count). The van der Waals surface area contributed by atoms with E-state index in [-0.39, 0.29) is 24.1 Å². The average Bonchev–Trinajstić information content (AvgIpc) is 2.90. The van der Waals surface area contributed by atoms with Crippen molar-refractivity contribution in [2.75, 3.05) is 26.3 Å². The number of hydrogen-bond acceptors (Lipinski definition) is 6. The number of nitrogens with zero attached hydrogens (tertiary/aromatic N) is 2. The molecular formula is C20H24N4O4. The van der Waals surface area contributed by atoms with Gasteiger partial charge in [-0.2, -0.15) is 0 Å². The molecule has 0 aliphatic carbocycles. The molecule has 28 heavy (non-hydrogen) atoms. The number of ether oxygens (including phenoxy) is 1. The number of carbonyl (C=O) groups excluding carboxylic acids is 3. The lowest BCUT2D eigenvalue weighted by atomic mass is 9.99. The van der Waals surface area contributed by atoms with Crippen molar-refractivity contribution < 1.29 is 19.1 Å². The number of fused-ring (bicyclic) bond motifs is 1. The second kappa shape index (κ2) is 6.95. The summed E-state index contributed by atoms with van der Waals surface area (Å²) in [5.74, 6) is -0.749. The Balaban J connectivity index is 1.38. The first-order valence-electron chi connectivity index (χ1n) is 9.91. The molecule has 1 aromatic rings. The summed E-state index contributed by atoms with van der Waals surface area (Å²) in [5.41, 5.74) is 2.83. The van der Waals surface area contributed by atoms with Gasteiger partial charge in [-0.3, -0.25) is 24.6 Å². The standard InChI is InChI=1S/C20H24N4O4/c25-18-5-4-17(19(26)22-18)24-9-16-12(2-1-3-15(16)20(24)27)8-23(13-6-21-7-13)14-10-28-11-14/h1-3,13-14,17,21H,4-11H2,(H,22,25,26). The monoisotopic (exact) mass is 384 g/mol. The molecule has 1 atom stereocenters. The van der Waals surface area contributed by atoms with Crippen molar-refractivity contribution in [1.82, 2.24) is 20.4 Å². The summed E-state index contributed by atoms with van der Waals surface area (Å²) in [6, 6.07) is 6.19. The van der Waals surface area contributed by atoms with Gasteiger partial charge in [-0.05, 0) is 23.6 Å². The Labute approximate surface area is 163 Å². The van der Waals surface area contributed by atoms with Gasteiger partial charge in [0.2, 0.25) is 11.8 Å². The van der Waals surface area contributed by atoms with E-state index in [1.54, 1.807) is 4.90 Å². The van der Waals surface area contributed by atoms with Crippen molar-refractivity contribution in [1.29, 1.82) is 0 Å². The summed E-state index contributed by atoms with van der Waals surface area (Å²) < 4.78 is 5.40. The van der Waals surface area contributed by atoms with Gasteiger partial charge in [0.15, 0.2) is 0 Å². The number of benzene rings is 1. The molecule has 3 saturated heterocycles. The Morgan fingerprint density at radius 2 is 1.96 bits per heavy atom. The van der Waals surface area contributed by atoms with Crippen LogP contribution in [0, 0.1) is 0 Å². The molecule has 4 aliphatic heterocycles. The fraction of sp³-hybridized carbons (Fsp3) is 0.550. The van der Waals surface area contributed by atoms with E-state index < -0.39 is 6.04 Å². The van der Waals surface area contributed by atoms with E-state index in [2.05, 4.69) is 21.6 Å². The summed E-state index contributed by atoms with van der Waals surface area (Å²) in [4.78, 5) is 40.8. The molecule has 8 nitrogen and oxygen atoms in total. The molecular weight excluding hydrogens is 360 g/mol. The molecule has 0 radical (unpaired) electrons. The van der Waals surface area contributed by atoms with E-state index in [1.165, 1.54) is 0 Å². The maximum atomic E-state index is 13.0. The third-order valence-electron chi connectivity index (χ3n) is 6.35. The van der Waals surface area contributed by atoms with Gasteiger partial charge in [-0.15, -0.1) is 0 Å². The zero-order chi connectivity index (χ0) is 19.3. The quantitative estimate of drug-likeness (QED) is 0.673. The van der Waals surface area contributed by atoms with Crippen LogP contribution in [-0.4, -0.2) is 72.0 Å². The minimum atomic E-state index is -0.572. The van der Waals surface area contributed by atoms with E-state index in [0.717, 1.165) is 44.0 Å². The van der Waals surface area contributed by atoms with Crippen molar-refractivity contribution in [3.05, 3.63) is 34.9 Å². The third kappa shape index (κ3) is 2.92. The van der Waals surface area contributed by atoms with Crippen LogP contribution in [0.1, 0.15) is 34.3 Å². The van der Waals surface area contributed by atoms with Crippen molar-refractivity contribution in [2.24, 2.45) is 0 Å². The topological polar surface area (TPSA) is 91.0 Å². The van der Waals surface area contributed by atoms with Crippen LogP contribution in [0.25, 0.3) is 0 Å². The number of rotatable bonds is 5. The van der Waals surface area contributed by atoms with Crippen LogP contribution in [0.5, 0.6) is 0 Å². The Kier molecular flexibility index (Phi) is 4.41. The first kappa shape index (κ1) is 17.8. The number of imide groups is 1. The molecule has 4 heterocycles. The largest absolute Gasteiger partial charge is 0.378 e. The molecule has 8 heteroatoms. The molecule has 3 fully saturated rings. The highest BCUT2D eigenvalue weighted by Crippen LogP contribution is 2.31. The maximum Gasteiger partial charge on any atom is 0.255 e. The van der Waals surface area contributed by atoms with Gasteiger partial charge in [0.05, 0.1) is 19.3 Å². The highest BCUT2D eigenvalue weighted by molar-refractivity contribution is 6.05. The Morgan fingerprint density at radius 3 is 2.61 bits per heavy atom. The molecule has 148 valence electrons. The van der Waals surface area contributed by atoms with E-state index in [0.29, 0.717) is 30.6 Å². The van der Waals surface area contributed by atoms with Gasteiger partial charge in [0, 0.05) is 44.2 Å². The van der Waals surface area contributed by atoms with Gasteiger partial charge >= 0.3 is 0 Å². The maximum absolute atomic E-state index is 13.0. The van der Waals surface area contributed by atoms with Gasteiger partial charge < -0.3 is 15.0 Å². The number of amides is 3. The molecule has 0 bridgehead atoms. The van der Waals surface area contributed by atoms with Crippen LogP contribution in [0.3, 0.4) is 0 Å². The Bertz CT molecular complexity index is 819. The average molecular weight is 384 g/mol. The zero-order valence-corrected chi connectivity index (χ0v) is 15.6. The first-order valence-corrected chi connectivity index (χ1v) is 9.91. The fourth-order valence-electron chi connectivity index (χ4n) is 4.47. The van der Waals surface area contributed by atoms with Crippen LogP contribution in [0.4, 0.5) is 0 Å². The van der Waals surface area contributed by atoms with E-state index in [1.807, 2.05) is 12.1 Å². The summed E-state index contributed by atoms with van der Waals surface area (Å²) in [6.45, 7) is 4.67. The summed E-state index contributed by atoms with van der Waals surface area (Å²) in [7, 11) is 0. The number of carbonyl (C=O) groups is 3. The van der Waals surface area contributed by atoms with Gasteiger partial charge in [0.1, 0.15) is 6.04 Å². The predicted octanol–water partition coefficient (Wildman–Crippen LogP) is -0.380. The molecule has 1 unspecified atom stereocenters. The molecule has 1 aromatic carbocycles. The van der Waals surface area contributed by atoms with Crippen LogP contribution in [0.2, 0.25) is 0 Å². The highest BCUT2D eigenvalue weighted by Gasteiger charge is 2.41. The van der Waals surface area contributed by atoms with Crippen molar-refractivity contribution >= 4 is 17.7 Å². The van der Waals surface area contributed by atoms with E-state index >= 15 is 0 Å². The number of nitrogens with one attached hydrogen (secondary N) is 2. The van der Waals surface area contributed by atoms with Crippen molar-refractivity contribution in [2.45, 2.75) is 44.1 Å². The number of piperidine rings is 1. The summed E-state index contributed by atoms with van der Waals surface area (Å²) >= 11 is 0. The normalized spacial score (nSPS) is 25.5.